The Hall–Kier alpha value is -3.52. The number of carbonyl (C=O) groups is 3. The molecule has 0 radical (unpaired) electrons. The lowest BCUT2D eigenvalue weighted by molar-refractivity contribution is -0.253. The van der Waals surface area contributed by atoms with Gasteiger partial charge in [-0.3, -0.25) is 15.0 Å². The summed E-state index contributed by atoms with van der Waals surface area (Å²) in [6, 6.07) is 8.39. The molecular weight excluding hydrogens is 532 g/mol. The van der Waals surface area contributed by atoms with E-state index in [0.717, 1.165) is 12.1 Å². The molecule has 38 heavy (non-hydrogen) atoms. The summed E-state index contributed by atoms with van der Waals surface area (Å²) in [5.41, 5.74) is 2.15. The van der Waals surface area contributed by atoms with Crippen LogP contribution in [-0.2, 0) is 16.1 Å². The van der Waals surface area contributed by atoms with E-state index in [2.05, 4.69) is 10.1 Å². The van der Waals surface area contributed by atoms with E-state index < -0.39 is 47.8 Å². The van der Waals surface area contributed by atoms with Crippen LogP contribution in [0.4, 0.5) is 28.0 Å². The summed E-state index contributed by atoms with van der Waals surface area (Å²) in [5.74, 6) is 3.77. The highest BCUT2D eigenvalue weighted by Gasteiger charge is 2.44. The minimum atomic E-state index is -4.67. The second-order valence-electron chi connectivity index (χ2n) is 9.20. The second-order valence-corrected chi connectivity index (χ2v) is 10.3. The molecule has 206 valence electrons. The zero-order valence-corrected chi connectivity index (χ0v) is 21.4. The number of nitrogens with zero attached hydrogens (tertiary/aromatic N) is 1. The lowest BCUT2D eigenvalue weighted by Crippen LogP contribution is -2.50. The molecule has 0 bridgehead atoms. The highest BCUT2D eigenvalue weighted by atomic mass is 32.2. The molecule has 1 aliphatic heterocycles. The van der Waals surface area contributed by atoms with Gasteiger partial charge in [0.1, 0.15) is 17.4 Å². The van der Waals surface area contributed by atoms with Crippen molar-refractivity contribution in [3.63, 3.8) is 0 Å². The number of halogens is 4. The maximum Gasteiger partial charge on any atom is 0.461 e. The number of rotatable bonds is 7. The van der Waals surface area contributed by atoms with E-state index in [1.807, 2.05) is 5.43 Å². The number of alkyl halides is 4. The maximum absolute atomic E-state index is 13.6. The molecule has 4 N–H and O–H groups in total. The van der Waals surface area contributed by atoms with Crippen molar-refractivity contribution in [2.45, 2.75) is 56.4 Å². The largest absolute Gasteiger partial charge is 0.461 e. The predicted octanol–water partition coefficient (Wildman–Crippen LogP) is 4.06. The fraction of sp³-hybridized carbons (Fsp3) is 0.375. The molecule has 0 saturated carbocycles. The molecule has 0 fully saturated rings. The number of carbonyl (C=O) groups excluding carboxylic acids is 3. The number of hydrogen-bond donors (Lipinski definition) is 3. The minimum Gasteiger partial charge on any atom is -0.444 e. The SMILES string of the molecule is CC(C)(C)OC(=O)N[C@H]1CSc2ccc(C(=O)NN)cc2N(Cc2ccc(OC(F)(F)C(F)F)cc2)C1=O. The molecule has 0 spiro atoms. The van der Waals surface area contributed by atoms with Gasteiger partial charge in [-0.15, -0.1) is 11.8 Å². The normalized spacial score (nSPS) is 16.0. The number of anilines is 1. The molecule has 1 aliphatic rings. The first-order chi connectivity index (χ1) is 17.7. The number of nitrogen functional groups attached to an aromatic ring is 1. The average molecular weight is 559 g/mol. The number of benzene rings is 2. The van der Waals surface area contributed by atoms with Crippen LogP contribution < -0.4 is 26.2 Å². The van der Waals surface area contributed by atoms with Crippen molar-refractivity contribution >= 4 is 35.4 Å². The third-order valence-corrected chi connectivity index (χ3v) is 6.23. The summed E-state index contributed by atoms with van der Waals surface area (Å²) in [4.78, 5) is 40.1. The summed E-state index contributed by atoms with van der Waals surface area (Å²) in [6.45, 7) is 4.91. The van der Waals surface area contributed by atoms with Crippen molar-refractivity contribution in [3.8, 4) is 5.75 Å². The van der Waals surface area contributed by atoms with Crippen LogP contribution in [0.2, 0.25) is 0 Å². The quantitative estimate of drug-likeness (QED) is 0.203. The van der Waals surface area contributed by atoms with Crippen LogP contribution in [-0.4, -0.2) is 47.8 Å². The van der Waals surface area contributed by atoms with Crippen LogP contribution in [0.25, 0.3) is 0 Å². The van der Waals surface area contributed by atoms with Gasteiger partial charge in [0.15, 0.2) is 0 Å². The highest BCUT2D eigenvalue weighted by molar-refractivity contribution is 7.99. The van der Waals surface area contributed by atoms with E-state index >= 15 is 0 Å². The Kier molecular flexibility index (Phi) is 8.77. The highest BCUT2D eigenvalue weighted by Crippen LogP contribution is 2.36. The Morgan fingerprint density at radius 1 is 1.16 bits per heavy atom. The van der Waals surface area contributed by atoms with Crippen molar-refractivity contribution in [1.29, 1.82) is 0 Å². The summed E-state index contributed by atoms with van der Waals surface area (Å²) in [5, 5.41) is 2.56. The third kappa shape index (κ3) is 7.28. The number of fused-ring (bicyclic) bond motifs is 1. The second kappa shape index (κ2) is 11.5. The zero-order valence-electron chi connectivity index (χ0n) is 20.6. The summed E-state index contributed by atoms with van der Waals surface area (Å²) in [7, 11) is 0. The van der Waals surface area contributed by atoms with Crippen molar-refractivity contribution in [1.82, 2.24) is 10.7 Å². The van der Waals surface area contributed by atoms with E-state index in [4.69, 9.17) is 10.6 Å². The Morgan fingerprint density at radius 3 is 2.39 bits per heavy atom. The van der Waals surface area contributed by atoms with Crippen LogP contribution in [0, 0.1) is 0 Å². The smallest absolute Gasteiger partial charge is 0.444 e. The number of ether oxygens (including phenoxy) is 2. The number of nitrogens with one attached hydrogen (secondary N) is 2. The molecule has 3 rings (SSSR count). The topological polar surface area (TPSA) is 123 Å². The number of alkyl carbamates (subject to hydrolysis) is 1. The molecule has 3 amide bonds. The number of hydrogen-bond acceptors (Lipinski definition) is 7. The lowest BCUT2D eigenvalue weighted by Gasteiger charge is -2.27. The average Bonchev–Trinajstić information content (AvgIpc) is 2.95. The van der Waals surface area contributed by atoms with Gasteiger partial charge in [-0.05, 0) is 56.7 Å². The predicted molar refractivity (Wildman–Crippen MR) is 131 cm³/mol. The molecule has 2 aromatic rings. The van der Waals surface area contributed by atoms with Crippen molar-refractivity contribution in [2.75, 3.05) is 10.7 Å². The van der Waals surface area contributed by atoms with Gasteiger partial charge in [0, 0.05) is 16.2 Å². The first kappa shape index (κ1) is 29.0. The van der Waals surface area contributed by atoms with Crippen molar-refractivity contribution in [2.24, 2.45) is 5.84 Å². The fourth-order valence-electron chi connectivity index (χ4n) is 3.39. The molecule has 0 aromatic heterocycles. The van der Waals surface area contributed by atoms with Gasteiger partial charge in [0.2, 0.25) is 0 Å². The monoisotopic (exact) mass is 558 g/mol. The number of amides is 3. The van der Waals surface area contributed by atoms with Gasteiger partial charge >= 0.3 is 18.6 Å². The van der Waals surface area contributed by atoms with E-state index in [9.17, 15) is 31.9 Å². The van der Waals surface area contributed by atoms with Gasteiger partial charge in [-0.1, -0.05) is 12.1 Å². The summed E-state index contributed by atoms with van der Waals surface area (Å²) >= 11 is 1.27. The zero-order chi connectivity index (χ0) is 28.3. The van der Waals surface area contributed by atoms with Gasteiger partial charge < -0.3 is 19.7 Å². The van der Waals surface area contributed by atoms with Gasteiger partial charge in [-0.25, -0.2) is 10.6 Å². The molecule has 1 heterocycles. The maximum atomic E-state index is 13.6. The van der Waals surface area contributed by atoms with E-state index in [1.54, 1.807) is 26.8 Å². The molecule has 0 unspecified atom stereocenters. The van der Waals surface area contributed by atoms with Crippen LogP contribution in [0.3, 0.4) is 0 Å². The van der Waals surface area contributed by atoms with Crippen LogP contribution in [0.5, 0.6) is 5.75 Å². The lowest BCUT2D eigenvalue weighted by atomic mass is 10.1. The standard InChI is InChI=1S/C24H26F4N4O5S/c1-23(2,3)37-22(35)30-16-12-38-18-9-6-14(19(33)31-29)10-17(18)32(20(16)34)11-13-4-7-15(8-5-13)36-24(27,28)21(25)26/h4-10,16,21H,11-12,29H2,1-3H3,(H,30,35)(H,31,33)/t16-/m0/s1. The Balaban J connectivity index is 1.92. The van der Waals surface area contributed by atoms with Gasteiger partial charge in [0.05, 0.1) is 12.2 Å². The molecule has 2 aromatic carbocycles. The van der Waals surface area contributed by atoms with E-state index in [1.165, 1.54) is 40.9 Å². The van der Waals surface area contributed by atoms with E-state index in [-0.39, 0.29) is 17.9 Å². The van der Waals surface area contributed by atoms with E-state index in [0.29, 0.717) is 16.1 Å². The molecule has 1 atom stereocenters. The van der Waals surface area contributed by atoms with Crippen LogP contribution in [0.1, 0.15) is 36.7 Å². The van der Waals surface area contributed by atoms with Crippen molar-refractivity contribution < 1.29 is 41.4 Å². The first-order valence-electron chi connectivity index (χ1n) is 11.2. The first-order valence-corrected chi connectivity index (χ1v) is 12.2. The third-order valence-electron chi connectivity index (χ3n) is 5.08. The molecule has 14 heteroatoms. The number of thioether (sulfide) groups is 1. The van der Waals surface area contributed by atoms with Gasteiger partial charge in [0.25, 0.3) is 11.8 Å². The molecule has 9 nitrogen and oxygen atoms in total. The molecule has 0 aliphatic carbocycles. The molecular formula is C24H26F4N4O5S. The summed E-state index contributed by atoms with van der Waals surface area (Å²) < 4.78 is 60.7. The number of nitrogens with two attached hydrogens (primary N) is 1. The Morgan fingerprint density at radius 2 is 1.82 bits per heavy atom. The Bertz CT molecular complexity index is 1190. The summed E-state index contributed by atoms with van der Waals surface area (Å²) in [6.07, 6.45) is -9.48. The van der Waals surface area contributed by atoms with Crippen LogP contribution in [0.15, 0.2) is 47.4 Å². The van der Waals surface area contributed by atoms with Crippen LogP contribution >= 0.6 is 11.8 Å². The Labute approximate surface area is 220 Å². The number of hydrazine groups is 1. The minimum absolute atomic E-state index is 0.113. The van der Waals surface area contributed by atoms with Crippen molar-refractivity contribution in [3.05, 3.63) is 53.6 Å². The molecule has 0 saturated heterocycles. The van der Waals surface area contributed by atoms with Gasteiger partial charge in [-0.2, -0.15) is 17.6 Å². The fourth-order valence-corrected chi connectivity index (χ4v) is 4.44.